The third kappa shape index (κ3) is 8.09. The smallest absolute Gasteiger partial charge is 0.355 e. The number of alkyl halides is 3. The van der Waals surface area contributed by atoms with Gasteiger partial charge < -0.3 is 10.6 Å². The minimum absolute atomic E-state index is 0. The summed E-state index contributed by atoms with van der Waals surface area (Å²) in [7, 11) is -1.98. The molecule has 0 bridgehead atoms. The highest BCUT2D eigenvalue weighted by Crippen LogP contribution is 2.32. The van der Waals surface area contributed by atoms with Crippen molar-refractivity contribution in [3.63, 3.8) is 0 Å². The molecule has 0 unspecified atom stereocenters. The van der Waals surface area contributed by atoms with Crippen LogP contribution in [0.4, 0.5) is 17.6 Å². The Morgan fingerprint density at radius 3 is 2.48 bits per heavy atom. The third-order valence-corrected chi connectivity index (χ3v) is 6.88. The lowest BCUT2D eigenvalue weighted by Gasteiger charge is -2.25. The average Bonchev–Trinajstić information content (AvgIpc) is 2.65. The fourth-order valence-corrected chi connectivity index (χ4v) is 5.11. The molecule has 1 aromatic carbocycles. The Bertz CT molecular complexity index is 801. The molecule has 1 heterocycles. The van der Waals surface area contributed by atoms with Gasteiger partial charge in [-0.3, -0.25) is 4.99 Å². The highest BCUT2D eigenvalue weighted by molar-refractivity contribution is 14.0. The van der Waals surface area contributed by atoms with E-state index in [1.54, 1.807) is 11.8 Å². The van der Waals surface area contributed by atoms with Crippen LogP contribution >= 0.6 is 35.7 Å². The van der Waals surface area contributed by atoms with Crippen molar-refractivity contribution in [1.82, 2.24) is 14.9 Å². The molecule has 1 saturated heterocycles. The molecule has 6 nitrogen and oxygen atoms in total. The maximum absolute atomic E-state index is 13.2. The SMILES string of the molecule is CN=C(NCCS(=O)(=O)N1CCSCC1)NCc1ccc(F)cc1C(F)(F)F.I. The van der Waals surface area contributed by atoms with Gasteiger partial charge in [-0.1, -0.05) is 6.07 Å². The van der Waals surface area contributed by atoms with Gasteiger partial charge in [-0.05, 0) is 17.7 Å². The van der Waals surface area contributed by atoms with Crippen LogP contribution in [0, 0.1) is 5.82 Å². The summed E-state index contributed by atoms with van der Waals surface area (Å²) in [4.78, 5) is 3.87. The standard InChI is InChI=1S/C16H22F4N4O2S2.HI/c1-21-15(22-4-9-28(25,26)24-5-7-27-8-6-24)23-11-12-2-3-13(17)10-14(12)16(18,19)20;/h2-3,10H,4-9,11H2,1H3,(H2,21,22,23);1H. The van der Waals surface area contributed by atoms with E-state index in [0.29, 0.717) is 19.2 Å². The zero-order valence-corrected chi connectivity index (χ0v) is 19.6. The number of halogens is 5. The number of nitrogens with zero attached hydrogens (tertiary/aromatic N) is 2. The first kappa shape index (κ1) is 26.2. The lowest BCUT2D eigenvalue weighted by Crippen LogP contribution is -2.44. The second-order valence-corrected chi connectivity index (χ2v) is 9.29. The second-order valence-electron chi connectivity index (χ2n) is 5.98. The van der Waals surface area contributed by atoms with E-state index < -0.39 is 27.6 Å². The Hall–Kier alpha value is -0.800. The molecular formula is C16H23F4IN4O2S2. The third-order valence-electron chi connectivity index (χ3n) is 4.06. The zero-order chi connectivity index (χ0) is 20.8. The van der Waals surface area contributed by atoms with Gasteiger partial charge in [0.2, 0.25) is 10.0 Å². The Balaban J connectivity index is 0.00000420. The van der Waals surface area contributed by atoms with Gasteiger partial charge in [0.25, 0.3) is 0 Å². The molecule has 2 rings (SSSR count). The molecule has 0 atom stereocenters. The molecule has 166 valence electrons. The minimum Gasteiger partial charge on any atom is -0.355 e. The summed E-state index contributed by atoms with van der Waals surface area (Å²) in [5.74, 6) is 0.550. The van der Waals surface area contributed by atoms with E-state index in [-0.39, 0.29) is 54.3 Å². The predicted molar refractivity (Wildman–Crippen MR) is 118 cm³/mol. The number of sulfonamides is 1. The number of aliphatic imine (C=N–C) groups is 1. The van der Waals surface area contributed by atoms with Crippen LogP contribution in [0.3, 0.4) is 0 Å². The molecule has 0 radical (unpaired) electrons. The fraction of sp³-hybridized carbons (Fsp3) is 0.562. The number of guanidine groups is 1. The van der Waals surface area contributed by atoms with E-state index in [2.05, 4.69) is 15.6 Å². The maximum atomic E-state index is 13.2. The Morgan fingerprint density at radius 1 is 1.24 bits per heavy atom. The Labute approximate surface area is 189 Å². The first-order valence-corrected chi connectivity index (χ1v) is 11.3. The van der Waals surface area contributed by atoms with Crippen molar-refractivity contribution in [3.8, 4) is 0 Å². The van der Waals surface area contributed by atoms with Gasteiger partial charge in [0.05, 0.1) is 11.3 Å². The lowest BCUT2D eigenvalue weighted by atomic mass is 10.1. The summed E-state index contributed by atoms with van der Waals surface area (Å²) >= 11 is 1.70. The molecule has 0 aliphatic carbocycles. The van der Waals surface area contributed by atoms with Crippen LogP contribution in [0.2, 0.25) is 0 Å². The first-order chi connectivity index (χ1) is 13.1. The van der Waals surface area contributed by atoms with Gasteiger partial charge in [-0.15, -0.1) is 24.0 Å². The predicted octanol–water partition coefficient (Wildman–Crippen LogP) is 2.51. The first-order valence-electron chi connectivity index (χ1n) is 8.49. The van der Waals surface area contributed by atoms with Gasteiger partial charge in [-0.2, -0.15) is 24.9 Å². The van der Waals surface area contributed by atoms with Crippen LogP contribution in [0.5, 0.6) is 0 Å². The van der Waals surface area contributed by atoms with Crippen LogP contribution in [0.15, 0.2) is 23.2 Å². The largest absolute Gasteiger partial charge is 0.416 e. The summed E-state index contributed by atoms with van der Waals surface area (Å²) in [6.07, 6.45) is -4.68. The Kier molecular flexibility index (Phi) is 10.5. The van der Waals surface area contributed by atoms with Gasteiger partial charge >= 0.3 is 6.18 Å². The summed E-state index contributed by atoms with van der Waals surface area (Å²) in [5, 5.41) is 5.47. The monoisotopic (exact) mass is 570 g/mol. The molecule has 2 N–H and O–H groups in total. The van der Waals surface area contributed by atoms with E-state index in [0.717, 1.165) is 23.6 Å². The summed E-state index contributed by atoms with van der Waals surface area (Å²) in [6.45, 7) is 0.765. The quantitative estimate of drug-likeness (QED) is 0.238. The molecule has 1 aliphatic rings. The van der Waals surface area contributed by atoms with E-state index >= 15 is 0 Å². The number of thioether (sulfide) groups is 1. The van der Waals surface area contributed by atoms with Gasteiger partial charge in [0, 0.05) is 44.7 Å². The van der Waals surface area contributed by atoms with Crippen LogP contribution < -0.4 is 10.6 Å². The zero-order valence-electron chi connectivity index (χ0n) is 15.6. The summed E-state index contributed by atoms with van der Waals surface area (Å²) in [5.41, 5.74) is -1.21. The molecule has 0 saturated carbocycles. The number of rotatable bonds is 6. The van der Waals surface area contributed by atoms with Crippen LogP contribution in [-0.4, -0.2) is 62.6 Å². The van der Waals surface area contributed by atoms with E-state index in [9.17, 15) is 26.0 Å². The van der Waals surface area contributed by atoms with Crippen molar-refractivity contribution in [2.75, 3.05) is 43.9 Å². The minimum atomic E-state index is -4.68. The van der Waals surface area contributed by atoms with Crippen LogP contribution in [0.25, 0.3) is 0 Å². The molecule has 0 amide bonds. The molecule has 29 heavy (non-hydrogen) atoms. The number of hydrogen-bond donors (Lipinski definition) is 2. The highest BCUT2D eigenvalue weighted by Gasteiger charge is 2.33. The van der Waals surface area contributed by atoms with Crippen LogP contribution in [0.1, 0.15) is 11.1 Å². The summed E-state index contributed by atoms with van der Waals surface area (Å²) < 4.78 is 78.2. The van der Waals surface area contributed by atoms with E-state index in [4.69, 9.17) is 0 Å². The van der Waals surface area contributed by atoms with Crippen molar-refractivity contribution < 1.29 is 26.0 Å². The highest BCUT2D eigenvalue weighted by atomic mass is 127. The van der Waals surface area contributed by atoms with Crippen molar-refractivity contribution in [2.24, 2.45) is 4.99 Å². The van der Waals surface area contributed by atoms with Gasteiger partial charge in [-0.25, -0.2) is 17.1 Å². The molecule has 13 heteroatoms. The van der Waals surface area contributed by atoms with Crippen LogP contribution in [-0.2, 0) is 22.7 Å². The topological polar surface area (TPSA) is 73.8 Å². The van der Waals surface area contributed by atoms with Gasteiger partial charge in [0.1, 0.15) is 5.82 Å². The van der Waals surface area contributed by atoms with Gasteiger partial charge in [0.15, 0.2) is 5.96 Å². The molecule has 1 aromatic rings. The molecule has 1 fully saturated rings. The van der Waals surface area contributed by atoms with Crippen molar-refractivity contribution in [2.45, 2.75) is 12.7 Å². The lowest BCUT2D eigenvalue weighted by molar-refractivity contribution is -0.138. The number of hydrogen-bond acceptors (Lipinski definition) is 4. The molecule has 0 spiro atoms. The number of nitrogens with one attached hydrogen (secondary N) is 2. The number of benzene rings is 1. The molecule has 0 aromatic heterocycles. The van der Waals surface area contributed by atoms with E-state index in [1.807, 2.05) is 0 Å². The van der Waals surface area contributed by atoms with Crippen molar-refractivity contribution in [1.29, 1.82) is 0 Å². The van der Waals surface area contributed by atoms with Crippen molar-refractivity contribution >= 4 is 51.7 Å². The van der Waals surface area contributed by atoms with E-state index in [1.165, 1.54) is 11.4 Å². The second kappa shape index (κ2) is 11.6. The fourth-order valence-electron chi connectivity index (χ4n) is 2.62. The maximum Gasteiger partial charge on any atom is 0.416 e. The van der Waals surface area contributed by atoms with Crippen molar-refractivity contribution in [3.05, 3.63) is 35.1 Å². The summed E-state index contributed by atoms with van der Waals surface area (Å²) in [6, 6.07) is 2.44. The molecular weight excluding hydrogens is 547 g/mol. The normalized spacial score (nSPS) is 16.2. The Morgan fingerprint density at radius 2 is 1.90 bits per heavy atom. The average molecular weight is 570 g/mol. The molecule has 1 aliphatic heterocycles.